The molecule has 3 heterocycles. The fraction of sp³-hybridized carbons (Fsp3) is 0.0847. The van der Waals surface area contributed by atoms with Gasteiger partial charge >= 0.3 is 0 Å². The third-order valence-corrected chi connectivity index (χ3v) is 14.4. The van der Waals surface area contributed by atoms with Gasteiger partial charge in [-0.15, -0.1) is 0 Å². The maximum Gasteiger partial charge on any atom is 0.0544 e. The third-order valence-electron chi connectivity index (χ3n) is 14.4. The van der Waals surface area contributed by atoms with Crippen LogP contribution in [0.15, 0.2) is 182 Å². The zero-order chi connectivity index (χ0) is 41.0. The lowest BCUT2D eigenvalue weighted by Gasteiger charge is -2.42. The summed E-state index contributed by atoms with van der Waals surface area (Å²) in [6, 6.07) is 69.4. The summed E-state index contributed by atoms with van der Waals surface area (Å²) in [5.41, 5.74) is 23.4. The highest BCUT2D eigenvalue weighted by Gasteiger charge is 2.43. The molecule has 3 nitrogen and oxygen atoms in total. The maximum absolute atomic E-state index is 2.57. The monoisotopic (exact) mass is 791 g/mol. The predicted molar refractivity (Wildman–Crippen MR) is 258 cm³/mol. The van der Waals surface area contributed by atoms with Crippen molar-refractivity contribution >= 4 is 65.4 Å². The fourth-order valence-corrected chi connectivity index (χ4v) is 11.6. The van der Waals surface area contributed by atoms with Gasteiger partial charge in [0, 0.05) is 61.2 Å². The molecule has 0 saturated heterocycles. The summed E-state index contributed by atoms with van der Waals surface area (Å²) in [7, 11) is 0. The highest BCUT2D eigenvalue weighted by molar-refractivity contribution is 6.13. The molecular formula is C59H41N3. The number of aromatic nitrogens is 3. The molecule has 0 fully saturated rings. The van der Waals surface area contributed by atoms with Crippen LogP contribution in [0, 0.1) is 20.8 Å². The zero-order valence-electron chi connectivity index (χ0n) is 34.8. The fourth-order valence-electron chi connectivity index (χ4n) is 11.6. The lowest BCUT2D eigenvalue weighted by atomic mass is 9.60. The van der Waals surface area contributed by atoms with Gasteiger partial charge in [0.15, 0.2) is 0 Å². The van der Waals surface area contributed by atoms with Gasteiger partial charge in [-0.3, -0.25) is 0 Å². The first-order valence-electron chi connectivity index (χ1n) is 21.9. The van der Waals surface area contributed by atoms with Crippen LogP contribution in [0.4, 0.5) is 0 Å². The molecule has 0 atom stereocenters. The Morgan fingerprint density at radius 2 is 0.516 bits per heavy atom. The Balaban J connectivity index is 1.11. The SMILES string of the molecule is Cc1ccc(-n2c3ccccc3c3cc4c(cc32)C2c3cc5c6ccccc6n(-c6ccc(C)cc6)c5cc3C4c3cc4c(cc32)c2ccccc2n4-c2ccc(C)cc2)cc1. The lowest BCUT2D eigenvalue weighted by molar-refractivity contribution is 0.760. The van der Waals surface area contributed by atoms with Gasteiger partial charge in [0.2, 0.25) is 0 Å². The van der Waals surface area contributed by atoms with Crippen molar-refractivity contribution in [2.75, 3.05) is 0 Å². The first-order chi connectivity index (χ1) is 30.5. The standard InChI is InChI=1S/C59H41N3/c1-34-16-22-37(23-17-34)60-54-15-9-6-12-42(54)45-30-48-49(31-55(45)60)58-46-28-43-40-10-4-7-13-52(40)61(38-24-18-35(2)19-25-38)56(43)32-50(46)59(48)51-33-57-44(29-47(51)58)41-11-5-8-14-53(41)62(57)39-26-20-36(3)21-27-39/h4-33,58-59H,1-3H3. The molecule has 12 aromatic rings. The third kappa shape index (κ3) is 4.50. The molecule has 0 N–H and O–H groups in total. The Labute approximate surface area is 359 Å². The van der Waals surface area contributed by atoms with Crippen molar-refractivity contribution in [2.45, 2.75) is 32.6 Å². The summed E-state index contributed by atoms with van der Waals surface area (Å²) in [4.78, 5) is 0. The number of rotatable bonds is 3. The normalized spacial score (nSPS) is 15.3. The molecule has 0 aliphatic heterocycles. The Morgan fingerprint density at radius 1 is 0.258 bits per heavy atom. The molecular weight excluding hydrogens is 751 g/mol. The van der Waals surface area contributed by atoms with Crippen LogP contribution in [-0.4, -0.2) is 13.7 Å². The van der Waals surface area contributed by atoms with E-state index < -0.39 is 0 Å². The van der Waals surface area contributed by atoms with E-state index in [0.29, 0.717) is 0 Å². The summed E-state index contributed by atoms with van der Waals surface area (Å²) in [6.45, 7) is 6.51. The molecule has 292 valence electrons. The molecule has 3 aliphatic carbocycles. The summed E-state index contributed by atoms with van der Waals surface area (Å²) < 4.78 is 7.47. The molecule has 62 heavy (non-hydrogen) atoms. The number of fused-ring (bicyclic) bond motifs is 9. The molecule has 0 radical (unpaired) electrons. The van der Waals surface area contributed by atoms with E-state index in [1.807, 2.05) is 0 Å². The van der Waals surface area contributed by atoms with Gasteiger partial charge in [-0.1, -0.05) is 108 Å². The van der Waals surface area contributed by atoms with Crippen LogP contribution in [0.2, 0.25) is 0 Å². The summed E-state index contributed by atoms with van der Waals surface area (Å²) in [6.07, 6.45) is 0. The number of para-hydroxylation sites is 3. The number of hydrogen-bond acceptors (Lipinski definition) is 0. The van der Waals surface area contributed by atoms with Gasteiger partial charge in [0.25, 0.3) is 0 Å². The summed E-state index contributed by atoms with van der Waals surface area (Å²) >= 11 is 0. The average Bonchev–Trinajstić information content (AvgIpc) is 3.92. The molecule has 3 aromatic heterocycles. The van der Waals surface area contributed by atoms with Gasteiger partial charge < -0.3 is 13.7 Å². The van der Waals surface area contributed by atoms with E-state index in [9.17, 15) is 0 Å². The van der Waals surface area contributed by atoms with E-state index in [4.69, 9.17) is 0 Å². The first-order valence-corrected chi connectivity index (χ1v) is 21.9. The van der Waals surface area contributed by atoms with Crippen molar-refractivity contribution in [3.63, 3.8) is 0 Å². The molecule has 9 aromatic carbocycles. The predicted octanol–water partition coefficient (Wildman–Crippen LogP) is 14.9. The quantitative estimate of drug-likeness (QED) is 0.169. The van der Waals surface area contributed by atoms with Crippen molar-refractivity contribution in [1.82, 2.24) is 13.7 Å². The van der Waals surface area contributed by atoms with E-state index in [1.54, 1.807) is 0 Å². The van der Waals surface area contributed by atoms with E-state index in [1.165, 1.54) is 133 Å². The Bertz CT molecular complexity index is 3690. The molecule has 2 bridgehead atoms. The van der Waals surface area contributed by atoms with Crippen LogP contribution in [-0.2, 0) is 0 Å². The number of benzene rings is 9. The van der Waals surface area contributed by atoms with Crippen LogP contribution in [0.3, 0.4) is 0 Å². The van der Waals surface area contributed by atoms with Crippen molar-refractivity contribution in [1.29, 1.82) is 0 Å². The minimum absolute atomic E-state index is 0.0497. The smallest absolute Gasteiger partial charge is 0.0544 e. The molecule has 0 spiro atoms. The first kappa shape index (κ1) is 34.1. The van der Waals surface area contributed by atoms with E-state index >= 15 is 0 Å². The Morgan fingerprint density at radius 3 is 0.806 bits per heavy atom. The molecule has 3 heteroatoms. The van der Waals surface area contributed by atoms with E-state index in [-0.39, 0.29) is 11.8 Å². The number of nitrogens with zero attached hydrogens (tertiary/aromatic N) is 3. The van der Waals surface area contributed by atoms with Gasteiger partial charge in [-0.05, 0) is 145 Å². The van der Waals surface area contributed by atoms with Crippen molar-refractivity contribution < 1.29 is 0 Å². The minimum Gasteiger partial charge on any atom is -0.309 e. The average molecular weight is 792 g/mol. The maximum atomic E-state index is 2.57. The minimum atomic E-state index is 0.0497. The van der Waals surface area contributed by atoms with Gasteiger partial charge in [-0.2, -0.15) is 0 Å². The van der Waals surface area contributed by atoms with Crippen molar-refractivity contribution in [2.24, 2.45) is 0 Å². The van der Waals surface area contributed by atoms with Crippen molar-refractivity contribution in [3.05, 3.63) is 232 Å². The molecule has 15 rings (SSSR count). The number of aryl methyl sites for hydroxylation is 3. The lowest BCUT2D eigenvalue weighted by Crippen LogP contribution is -2.27. The van der Waals surface area contributed by atoms with Crippen LogP contribution < -0.4 is 0 Å². The summed E-state index contributed by atoms with van der Waals surface area (Å²) in [5.74, 6) is 0.110. The van der Waals surface area contributed by atoms with Crippen molar-refractivity contribution in [3.8, 4) is 17.1 Å². The molecule has 0 amide bonds. The summed E-state index contributed by atoms with van der Waals surface area (Å²) in [5, 5.41) is 7.79. The van der Waals surface area contributed by atoms with Crippen LogP contribution >= 0.6 is 0 Å². The van der Waals surface area contributed by atoms with E-state index in [0.717, 1.165) is 0 Å². The molecule has 0 unspecified atom stereocenters. The highest BCUT2D eigenvalue weighted by Crippen LogP contribution is 2.59. The second-order valence-corrected chi connectivity index (χ2v) is 17.9. The molecule has 3 aliphatic rings. The zero-order valence-corrected chi connectivity index (χ0v) is 34.8. The van der Waals surface area contributed by atoms with Crippen LogP contribution in [0.5, 0.6) is 0 Å². The van der Waals surface area contributed by atoms with Gasteiger partial charge in [-0.25, -0.2) is 0 Å². The highest BCUT2D eigenvalue weighted by atomic mass is 15.0. The second kappa shape index (κ2) is 12.2. The van der Waals surface area contributed by atoms with Gasteiger partial charge in [0.1, 0.15) is 0 Å². The second-order valence-electron chi connectivity index (χ2n) is 17.9. The van der Waals surface area contributed by atoms with Gasteiger partial charge in [0.05, 0.1) is 33.1 Å². The van der Waals surface area contributed by atoms with Crippen LogP contribution in [0.1, 0.15) is 61.9 Å². The number of hydrogen-bond donors (Lipinski definition) is 0. The van der Waals surface area contributed by atoms with E-state index in [2.05, 4.69) is 216 Å². The van der Waals surface area contributed by atoms with Crippen LogP contribution in [0.25, 0.3) is 82.5 Å². The Kier molecular flexibility index (Phi) is 6.74. The topological polar surface area (TPSA) is 14.8 Å². The Hall–Kier alpha value is -7.62. The largest absolute Gasteiger partial charge is 0.309 e. The molecule has 0 saturated carbocycles.